The molecule has 20 heavy (non-hydrogen) atoms. The zero-order valence-electron chi connectivity index (χ0n) is 11.8. The highest BCUT2D eigenvalue weighted by Gasteiger charge is 2.19. The molecule has 1 heterocycles. The summed E-state index contributed by atoms with van der Waals surface area (Å²) in [5.74, 6) is 0.417. The first-order valence-corrected chi connectivity index (χ1v) is 6.77. The van der Waals surface area contributed by atoms with Crippen molar-refractivity contribution in [3.05, 3.63) is 23.8 Å². The minimum atomic E-state index is -0.408. The molecule has 0 saturated carbocycles. The number of nitrogens with zero attached hydrogens (tertiary/aromatic N) is 1. The Morgan fingerprint density at radius 2 is 2.00 bits per heavy atom. The summed E-state index contributed by atoms with van der Waals surface area (Å²) >= 11 is 0. The monoisotopic (exact) mass is 277 g/mol. The number of benzene rings is 1. The SMILES string of the molecule is CCOc1cc(N2CCC(=O)CC2)ccc1C(=O)OC. The fourth-order valence-corrected chi connectivity index (χ4v) is 2.28. The quantitative estimate of drug-likeness (QED) is 0.788. The largest absolute Gasteiger partial charge is 0.493 e. The molecule has 0 amide bonds. The number of carbonyl (C=O) groups excluding carboxylic acids is 2. The third kappa shape index (κ3) is 3.10. The van der Waals surface area contributed by atoms with Crippen molar-refractivity contribution < 1.29 is 19.1 Å². The fraction of sp³-hybridized carbons (Fsp3) is 0.467. The summed E-state index contributed by atoms with van der Waals surface area (Å²) < 4.78 is 10.3. The molecular formula is C15H19NO4. The first-order chi connectivity index (χ1) is 9.65. The molecule has 108 valence electrons. The molecule has 1 fully saturated rings. The molecule has 0 aromatic heterocycles. The molecule has 1 aliphatic rings. The normalized spacial score (nSPS) is 15.1. The summed E-state index contributed by atoms with van der Waals surface area (Å²) in [6.45, 7) is 3.77. The summed E-state index contributed by atoms with van der Waals surface area (Å²) in [6, 6.07) is 5.42. The highest BCUT2D eigenvalue weighted by atomic mass is 16.5. The number of methoxy groups -OCH3 is 1. The van der Waals surface area contributed by atoms with Crippen molar-refractivity contribution in [1.82, 2.24) is 0 Å². The van der Waals surface area contributed by atoms with Crippen LogP contribution in [-0.4, -0.2) is 38.6 Å². The van der Waals surface area contributed by atoms with Gasteiger partial charge in [-0.1, -0.05) is 0 Å². The second-order valence-corrected chi connectivity index (χ2v) is 4.63. The van der Waals surface area contributed by atoms with Crippen LogP contribution in [0.3, 0.4) is 0 Å². The standard InChI is InChI=1S/C15H19NO4/c1-3-20-14-10-11(4-5-13(14)15(18)19-2)16-8-6-12(17)7-9-16/h4-5,10H,3,6-9H2,1-2H3. The Morgan fingerprint density at radius 3 is 2.60 bits per heavy atom. The Kier molecular flexibility index (Phi) is 4.61. The molecule has 0 aliphatic carbocycles. The van der Waals surface area contributed by atoms with Crippen molar-refractivity contribution in [3.63, 3.8) is 0 Å². The zero-order valence-corrected chi connectivity index (χ0v) is 11.8. The lowest BCUT2D eigenvalue weighted by Gasteiger charge is -2.28. The van der Waals surface area contributed by atoms with Gasteiger partial charge >= 0.3 is 5.97 Å². The van der Waals surface area contributed by atoms with Crippen LogP contribution in [0, 0.1) is 0 Å². The van der Waals surface area contributed by atoms with Gasteiger partial charge in [0.25, 0.3) is 0 Å². The van der Waals surface area contributed by atoms with Crippen LogP contribution < -0.4 is 9.64 Å². The zero-order chi connectivity index (χ0) is 14.5. The van der Waals surface area contributed by atoms with Gasteiger partial charge in [0.1, 0.15) is 17.1 Å². The number of ether oxygens (including phenoxy) is 2. The molecule has 2 rings (SSSR count). The first-order valence-electron chi connectivity index (χ1n) is 6.77. The van der Waals surface area contributed by atoms with Gasteiger partial charge in [0.15, 0.2) is 0 Å². The molecule has 0 unspecified atom stereocenters. The summed E-state index contributed by atoms with van der Waals surface area (Å²) in [7, 11) is 1.35. The number of hydrogen-bond donors (Lipinski definition) is 0. The summed E-state index contributed by atoms with van der Waals surface area (Å²) in [5.41, 5.74) is 1.39. The predicted octanol–water partition coefficient (Wildman–Crippen LogP) is 2.04. The summed E-state index contributed by atoms with van der Waals surface area (Å²) in [5, 5.41) is 0. The molecule has 5 nitrogen and oxygen atoms in total. The van der Waals surface area contributed by atoms with Crippen LogP contribution in [0.4, 0.5) is 5.69 Å². The van der Waals surface area contributed by atoms with Crippen LogP contribution in [0.5, 0.6) is 5.75 Å². The lowest BCUT2D eigenvalue weighted by atomic mass is 10.1. The second-order valence-electron chi connectivity index (χ2n) is 4.63. The molecular weight excluding hydrogens is 258 g/mol. The van der Waals surface area contributed by atoms with Crippen LogP contribution in [0.2, 0.25) is 0 Å². The summed E-state index contributed by atoms with van der Waals surface area (Å²) in [6.07, 6.45) is 1.14. The highest BCUT2D eigenvalue weighted by molar-refractivity contribution is 5.93. The first kappa shape index (κ1) is 14.4. The Bertz CT molecular complexity index is 503. The molecule has 1 aromatic rings. The van der Waals surface area contributed by atoms with Gasteiger partial charge in [-0.2, -0.15) is 0 Å². The maximum absolute atomic E-state index is 11.7. The van der Waals surface area contributed by atoms with Crippen LogP contribution in [-0.2, 0) is 9.53 Å². The molecule has 1 saturated heterocycles. The maximum atomic E-state index is 11.7. The average Bonchev–Trinajstić information content (AvgIpc) is 2.47. The molecule has 0 atom stereocenters. The lowest BCUT2D eigenvalue weighted by Crippen LogP contribution is -2.33. The van der Waals surface area contributed by atoms with E-state index in [-0.39, 0.29) is 0 Å². The Morgan fingerprint density at radius 1 is 1.30 bits per heavy atom. The van der Waals surface area contributed by atoms with Gasteiger partial charge in [-0.05, 0) is 19.1 Å². The average molecular weight is 277 g/mol. The van der Waals surface area contributed by atoms with Gasteiger partial charge in [-0.15, -0.1) is 0 Å². The van der Waals surface area contributed by atoms with Gasteiger partial charge < -0.3 is 14.4 Å². The number of Topliss-reactive ketones (excluding diaryl/α,β-unsaturated/α-hetero) is 1. The Hall–Kier alpha value is -2.04. The molecule has 0 spiro atoms. The van der Waals surface area contributed by atoms with E-state index >= 15 is 0 Å². The fourth-order valence-electron chi connectivity index (χ4n) is 2.28. The van der Waals surface area contributed by atoms with E-state index in [1.807, 2.05) is 19.1 Å². The van der Waals surface area contributed by atoms with Crippen molar-refractivity contribution in [2.45, 2.75) is 19.8 Å². The molecule has 0 N–H and O–H groups in total. The van der Waals surface area contributed by atoms with E-state index in [1.165, 1.54) is 7.11 Å². The van der Waals surface area contributed by atoms with Crippen molar-refractivity contribution in [3.8, 4) is 5.75 Å². The third-order valence-corrected chi connectivity index (χ3v) is 3.36. The number of hydrogen-bond acceptors (Lipinski definition) is 5. The van der Waals surface area contributed by atoms with E-state index in [0.29, 0.717) is 49.6 Å². The number of rotatable bonds is 4. The van der Waals surface area contributed by atoms with Crippen molar-refractivity contribution >= 4 is 17.4 Å². The van der Waals surface area contributed by atoms with E-state index < -0.39 is 5.97 Å². The molecule has 1 aromatic carbocycles. The van der Waals surface area contributed by atoms with Gasteiger partial charge in [-0.25, -0.2) is 4.79 Å². The molecule has 0 bridgehead atoms. The number of carbonyl (C=O) groups is 2. The van der Waals surface area contributed by atoms with Crippen LogP contribution in [0.15, 0.2) is 18.2 Å². The minimum absolute atomic E-state index is 0.303. The molecule has 5 heteroatoms. The van der Waals surface area contributed by atoms with Crippen molar-refractivity contribution in [2.75, 3.05) is 31.7 Å². The maximum Gasteiger partial charge on any atom is 0.341 e. The minimum Gasteiger partial charge on any atom is -0.493 e. The van der Waals surface area contributed by atoms with Gasteiger partial charge in [0.05, 0.1) is 13.7 Å². The molecule has 1 aliphatic heterocycles. The lowest BCUT2D eigenvalue weighted by molar-refractivity contribution is -0.119. The smallest absolute Gasteiger partial charge is 0.341 e. The number of anilines is 1. The highest BCUT2D eigenvalue weighted by Crippen LogP contribution is 2.28. The summed E-state index contributed by atoms with van der Waals surface area (Å²) in [4.78, 5) is 25.1. The van der Waals surface area contributed by atoms with E-state index in [9.17, 15) is 9.59 Å². The predicted molar refractivity (Wildman–Crippen MR) is 75.4 cm³/mol. The number of esters is 1. The van der Waals surface area contributed by atoms with E-state index in [4.69, 9.17) is 9.47 Å². The topological polar surface area (TPSA) is 55.8 Å². The van der Waals surface area contributed by atoms with E-state index in [2.05, 4.69) is 4.90 Å². The Balaban J connectivity index is 2.25. The van der Waals surface area contributed by atoms with Crippen molar-refractivity contribution in [2.24, 2.45) is 0 Å². The van der Waals surface area contributed by atoms with Gasteiger partial charge in [0, 0.05) is 37.7 Å². The Labute approximate surface area is 118 Å². The number of piperidine rings is 1. The van der Waals surface area contributed by atoms with E-state index in [0.717, 1.165) is 5.69 Å². The molecule has 0 radical (unpaired) electrons. The third-order valence-electron chi connectivity index (χ3n) is 3.36. The van der Waals surface area contributed by atoms with Gasteiger partial charge in [0.2, 0.25) is 0 Å². The number of ketones is 1. The van der Waals surface area contributed by atoms with Crippen LogP contribution in [0.25, 0.3) is 0 Å². The van der Waals surface area contributed by atoms with Crippen molar-refractivity contribution in [1.29, 1.82) is 0 Å². The second kappa shape index (κ2) is 6.41. The van der Waals surface area contributed by atoms with Gasteiger partial charge in [-0.3, -0.25) is 4.79 Å². The van der Waals surface area contributed by atoms with E-state index in [1.54, 1.807) is 6.07 Å². The van der Waals surface area contributed by atoms with Crippen LogP contribution in [0.1, 0.15) is 30.1 Å². The van der Waals surface area contributed by atoms with Crippen LogP contribution >= 0.6 is 0 Å².